The number of benzene rings is 1. The fraction of sp³-hybridized carbons (Fsp3) is 0.500. The molecule has 2 amide bonds. The van der Waals surface area contributed by atoms with Crippen LogP contribution >= 0.6 is 11.6 Å². The standard InChI is InChI=1S/C14H19ClN2O2/c15-11-5-3-4-10(8-11)9-16-14(19)17-12-6-1-2-7-13(12)18/h3-5,8,12-13,18H,1-2,6-7,9H2,(H2,16,17,19). The van der Waals surface area contributed by atoms with Crippen molar-refractivity contribution in [1.82, 2.24) is 10.6 Å². The number of urea groups is 1. The summed E-state index contributed by atoms with van der Waals surface area (Å²) >= 11 is 5.87. The molecule has 1 aromatic rings. The van der Waals surface area contributed by atoms with E-state index in [2.05, 4.69) is 10.6 Å². The van der Waals surface area contributed by atoms with Crippen molar-refractivity contribution in [3.63, 3.8) is 0 Å². The van der Waals surface area contributed by atoms with Crippen LogP contribution in [-0.4, -0.2) is 23.3 Å². The van der Waals surface area contributed by atoms with Gasteiger partial charge in [-0.15, -0.1) is 0 Å². The van der Waals surface area contributed by atoms with Crippen molar-refractivity contribution in [3.8, 4) is 0 Å². The molecule has 1 fully saturated rings. The van der Waals surface area contributed by atoms with Crippen LogP contribution in [0.25, 0.3) is 0 Å². The topological polar surface area (TPSA) is 61.4 Å². The van der Waals surface area contributed by atoms with Gasteiger partial charge in [-0.25, -0.2) is 4.79 Å². The van der Waals surface area contributed by atoms with Crippen LogP contribution in [0.5, 0.6) is 0 Å². The molecule has 1 saturated carbocycles. The third-order valence-corrected chi connectivity index (χ3v) is 3.62. The Morgan fingerprint density at radius 2 is 2.16 bits per heavy atom. The Kier molecular flexibility index (Phi) is 5.05. The fourth-order valence-corrected chi connectivity index (χ4v) is 2.54. The van der Waals surface area contributed by atoms with Gasteiger partial charge < -0.3 is 15.7 Å². The highest BCUT2D eigenvalue weighted by Crippen LogP contribution is 2.18. The average Bonchev–Trinajstić information content (AvgIpc) is 2.39. The quantitative estimate of drug-likeness (QED) is 0.797. The number of nitrogens with one attached hydrogen (secondary N) is 2. The molecule has 0 heterocycles. The molecule has 1 aliphatic rings. The van der Waals surface area contributed by atoms with Gasteiger partial charge in [0.05, 0.1) is 12.1 Å². The summed E-state index contributed by atoms with van der Waals surface area (Å²) in [6.07, 6.45) is 3.26. The molecule has 19 heavy (non-hydrogen) atoms. The summed E-state index contributed by atoms with van der Waals surface area (Å²) in [5.74, 6) is 0. The van der Waals surface area contributed by atoms with Crippen LogP contribution in [0.15, 0.2) is 24.3 Å². The number of halogens is 1. The van der Waals surface area contributed by atoms with E-state index in [-0.39, 0.29) is 12.1 Å². The van der Waals surface area contributed by atoms with Crippen molar-refractivity contribution in [3.05, 3.63) is 34.9 Å². The maximum Gasteiger partial charge on any atom is 0.315 e. The molecule has 104 valence electrons. The van der Waals surface area contributed by atoms with Gasteiger partial charge in [-0.05, 0) is 30.5 Å². The van der Waals surface area contributed by atoms with E-state index in [4.69, 9.17) is 11.6 Å². The number of carbonyl (C=O) groups is 1. The second-order valence-corrected chi connectivity index (χ2v) is 5.35. The molecule has 5 heteroatoms. The highest BCUT2D eigenvalue weighted by molar-refractivity contribution is 6.30. The average molecular weight is 283 g/mol. The lowest BCUT2D eigenvalue weighted by atomic mass is 9.93. The smallest absolute Gasteiger partial charge is 0.315 e. The van der Waals surface area contributed by atoms with Gasteiger partial charge in [0.25, 0.3) is 0 Å². The lowest BCUT2D eigenvalue weighted by molar-refractivity contribution is 0.0943. The molecule has 1 aliphatic carbocycles. The van der Waals surface area contributed by atoms with Crippen molar-refractivity contribution in [2.75, 3.05) is 0 Å². The van der Waals surface area contributed by atoms with Crippen LogP contribution in [0.3, 0.4) is 0 Å². The molecular weight excluding hydrogens is 264 g/mol. The second kappa shape index (κ2) is 6.78. The van der Waals surface area contributed by atoms with Gasteiger partial charge in [0, 0.05) is 11.6 Å². The minimum Gasteiger partial charge on any atom is -0.391 e. The van der Waals surface area contributed by atoms with Crippen molar-refractivity contribution in [2.45, 2.75) is 44.4 Å². The van der Waals surface area contributed by atoms with E-state index in [1.54, 1.807) is 6.07 Å². The first-order valence-corrected chi connectivity index (χ1v) is 7.00. The molecule has 2 rings (SSSR count). The predicted molar refractivity (Wildman–Crippen MR) is 75.1 cm³/mol. The van der Waals surface area contributed by atoms with E-state index in [0.717, 1.165) is 31.2 Å². The Labute approximate surface area is 118 Å². The number of rotatable bonds is 3. The predicted octanol–water partition coefficient (Wildman–Crippen LogP) is 2.44. The van der Waals surface area contributed by atoms with Gasteiger partial charge in [0.1, 0.15) is 0 Å². The first-order chi connectivity index (χ1) is 9.15. The summed E-state index contributed by atoms with van der Waals surface area (Å²) in [5.41, 5.74) is 0.951. The minimum atomic E-state index is -0.425. The zero-order valence-electron chi connectivity index (χ0n) is 10.7. The zero-order valence-corrected chi connectivity index (χ0v) is 11.5. The van der Waals surface area contributed by atoms with Gasteiger partial charge in [-0.2, -0.15) is 0 Å². The molecule has 2 unspecified atom stereocenters. The lowest BCUT2D eigenvalue weighted by Crippen LogP contribution is -2.48. The molecule has 0 radical (unpaired) electrons. The maximum atomic E-state index is 11.7. The molecule has 2 atom stereocenters. The monoisotopic (exact) mass is 282 g/mol. The summed E-state index contributed by atoms with van der Waals surface area (Å²) in [6.45, 7) is 0.426. The molecule has 0 bridgehead atoms. The van der Waals surface area contributed by atoms with E-state index < -0.39 is 6.10 Å². The second-order valence-electron chi connectivity index (χ2n) is 4.92. The summed E-state index contributed by atoms with van der Waals surface area (Å²) in [5, 5.41) is 16.0. The number of hydrogen-bond acceptors (Lipinski definition) is 2. The SMILES string of the molecule is O=C(NCc1cccc(Cl)c1)NC1CCCCC1O. The first-order valence-electron chi connectivity index (χ1n) is 6.62. The van der Waals surface area contributed by atoms with Crippen molar-refractivity contribution in [1.29, 1.82) is 0 Å². The Balaban J connectivity index is 1.78. The molecule has 0 spiro atoms. The van der Waals surface area contributed by atoms with E-state index in [9.17, 15) is 9.90 Å². The molecule has 1 aromatic carbocycles. The Bertz CT molecular complexity index is 439. The third-order valence-electron chi connectivity index (χ3n) is 3.39. The van der Waals surface area contributed by atoms with E-state index >= 15 is 0 Å². The molecule has 0 saturated heterocycles. The van der Waals surface area contributed by atoms with Crippen LogP contribution < -0.4 is 10.6 Å². The number of aliphatic hydroxyl groups excluding tert-OH is 1. The lowest BCUT2D eigenvalue weighted by Gasteiger charge is -2.28. The molecule has 0 aliphatic heterocycles. The minimum absolute atomic E-state index is 0.131. The maximum absolute atomic E-state index is 11.7. The van der Waals surface area contributed by atoms with Gasteiger partial charge in [0.15, 0.2) is 0 Å². The van der Waals surface area contributed by atoms with Crippen LogP contribution in [0.4, 0.5) is 4.79 Å². The Morgan fingerprint density at radius 3 is 2.89 bits per heavy atom. The third kappa shape index (κ3) is 4.40. The molecular formula is C14H19ClN2O2. The van der Waals surface area contributed by atoms with Crippen molar-refractivity contribution in [2.24, 2.45) is 0 Å². The normalized spacial score (nSPS) is 22.8. The number of aliphatic hydroxyl groups is 1. The largest absolute Gasteiger partial charge is 0.391 e. The highest BCUT2D eigenvalue weighted by atomic mass is 35.5. The van der Waals surface area contributed by atoms with Gasteiger partial charge in [-0.3, -0.25) is 0 Å². The molecule has 3 N–H and O–H groups in total. The summed E-state index contributed by atoms with van der Waals surface area (Å²) in [6, 6.07) is 6.99. The number of carbonyl (C=O) groups excluding carboxylic acids is 1. The summed E-state index contributed by atoms with van der Waals surface area (Å²) in [4.78, 5) is 11.7. The number of amides is 2. The van der Waals surface area contributed by atoms with Crippen molar-refractivity contribution >= 4 is 17.6 Å². The molecule has 4 nitrogen and oxygen atoms in total. The number of hydrogen-bond donors (Lipinski definition) is 3. The molecule has 0 aromatic heterocycles. The van der Waals surface area contributed by atoms with Gasteiger partial charge in [-0.1, -0.05) is 36.6 Å². The van der Waals surface area contributed by atoms with Crippen molar-refractivity contribution < 1.29 is 9.90 Å². The van der Waals surface area contributed by atoms with E-state index in [0.29, 0.717) is 11.6 Å². The highest BCUT2D eigenvalue weighted by Gasteiger charge is 2.24. The first kappa shape index (κ1) is 14.2. The Hall–Kier alpha value is -1.26. The van der Waals surface area contributed by atoms with E-state index in [1.807, 2.05) is 18.2 Å². The zero-order chi connectivity index (χ0) is 13.7. The van der Waals surface area contributed by atoms with Gasteiger partial charge >= 0.3 is 6.03 Å². The van der Waals surface area contributed by atoms with E-state index in [1.165, 1.54) is 0 Å². The van der Waals surface area contributed by atoms with Gasteiger partial charge in [0.2, 0.25) is 0 Å². The van der Waals surface area contributed by atoms with Crippen LogP contribution in [0, 0.1) is 0 Å². The fourth-order valence-electron chi connectivity index (χ4n) is 2.33. The van der Waals surface area contributed by atoms with Crippen LogP contribution in [0.2, 0.25) is 5.02 Å². The summed E-state index contributed by atoms with van der Waals surface area (Å²) < 4.78 is 0. The van der Waals surface area contributed by atoms with Crippen LogP contribution in [0.1, 0.15) is 31.2 Å². The van der Waals surface area contributed by atoms with Crippen LogP contribution in [-0.2, 0) is 6.54 Å². The summed E-state index contributed by atoms with van der Waals surface area (Å²) in [7, 11) is 0. The Morgan fingerprint density at radius 1 is 1.37 bits per heavy atom.